The topological polar surface area (TPSA) is 38.1 Å². The van der Waals surface area contributed by atoms with E-state index >= 15 is 0 Å². The molecule has 2 rings (SSSR count). The van der Waals surface area contributed by atoms with Crippen LogP contribution >= 0.6 is 11.8 Å². The fourth-order valence-corrected chi connectivity index (χ4v) is 3.69. The standard InChI is InChI=1S/C14H23N3OS/c1-10-7-11(2)9-17(8-10)13(18)12(3)19-14-15-5-6-16(14)4/h5-6,10-12H,7-9H2,1-4H3/t10-,11+,12-/m0/s1. The normalized spacial score (nSPS) is 25.4. The molecule has 0 bridgehead atoms. The molecule has 19 heavy (non-hydrogen) atoms. The Kier molecular flexibility index (Phi) is 4.55. The highest BCUT2D eigenvalue weighted by atomic mass is 32.2. The summed E-state index contributed by atoms with van der Waals surface area (Å²) in [7, 11) is 1.96. The van der Waals surface area contributed by atoms with E-state index in [1.54, 1.807) is 18.0 Å². The quantitative estimate of drug-likeness (QED) is 0.799. The Balaban J connectivity index is 1.97. The van der Waals surface area contributed by atoms with Gasteiger partial charge in [0.15, 0.2) is 5.16 Å². The lowest BCUT2D eigenvalue weighted by atomic mass is 9.92. The third-order valence-corrected chi connectivity index (χ3v) is 4.75. The first kappa shape index (κ1) is 14.4. The SMILES string of the molecule is C[C@@H]1C[C@H](C)CN(C(=O)[C@H](C)Sc2nccn2C)C1. The number of thioether (sulfide) groups is 1. The van der Waals surface area contributed by atoms with Gasteiger partial charge in [0, 0.05) is 32.5 Å². The molecule has 1 aliphatic heterocycles. The number of carbonyl (C=O) groups is 1. The van der Waals surface area contributed by atoms with Gasteiger partial charge in [-0.2, -0.15) is 0 Å². The maximum absolute atomic E-state index is 12.5. The van der Waals surface area contributed by atoms with E-state index < -0.39 is 0 Å². The van der Waals surface area contributed by atoms with Gasteiger partial charge < -0.3 is 9.47 Å². The Morgan fingerprint density at radius 2 is 2.05 bits per heavy atom. The molecule has 0 aromatic carbocycles. The monoisotopic (exact) mass is 281 g/mol. The van der Waals surface area contributed by atoms with Crippen molar-refractivity contribution >= 4 is 17.7 Å². The fourth-order valence-electron chi connectivity index (χ4n) is 2.77. The van der Waals surface area contributed by atoms with E-state index in [1.807, 2.05) is 29.6 Å². The summed E-state index contributed by atoms with van der Waals surface area (Å²) in [6, 6.07) is 0. The molecule has 106 valence electrons. The molecule has 1 aromatic rings. The Labute approximate surface area is 119 Å². The summed E-state index contributed by atoms with van der Waals surface area (Å²) in [5.41, 5.74) is 0. The van der Waals surface area contributed by atoms with E-state index in [4.69, 9.17) is 0 Å². The maximum atomic E-state index is 12.5. The lowest BCUT2D eigenvalue weighted by Gasteiger charge is -2.36. The van der Waals surface area contributed by atoms with Gasteiger partial charge in [-0.05, 0) is 25.2 Å². The number of aromatic nitrogens is 2. The van der Waals surface area contributed by atoms with E-state index in [0.29, 0.717) is 11.8 Å². The lowest BCUT2D eigenvalue weighted by molar-refractivity contribution is -0.132. The molecule has 0 N–H and O–H groups in total. The second kappa shape index (κ2) is 5.99. The second-order valence-electron chi connectivity index (χ2n) is 5.77. The minimum atomic E-state index is -0.0707. The number of imidazole rings is 1. The summed E-state index contributed by atoms with van der Waals surface area (Å²) < 4.78 is 1.95. The summed E-state index contributed by atoms with van der Waals surface area (Å²) in [6.45, 7) is 8.23. The summed E-state index contributed by atoms with van der Waals surface area (Å²) >= 11 is 1.54. The van der Waals surface area contributed by atoms with Crippen molar-refractivity contribution in [1.29, 1.82) is 0 Å². The summed E-state index contributed by atoms with van der Waals surface area (Å²) in [5.74, 6) is 1.46. The molecule has 5 heteroatoms. The van der Waals surface area contributed by atoms with Crippen LogP contribution in [0.2, 0.25) is 0 Å². The van der Waals surface area contributed by atoms with Crippen LogP contribution in [0.5, 0.6) is 0 Å². The van der Waals surface area contributed by atoms with Crippen molar-refractivity contribution in [3.8, 4) is 0 Å². The van der Waals surface area contributed by atoms with Gasteiger partial charge >= 0.3 is 0 Å². The maximum Gasteiger partial charge on any atom is 0.235 e. The van der Waals surface area contributed by atoms with E-state index in [1.165, 1.54) is 6.42 Å². The number of likely N-dealkylation sites (tertiary alicyclic amines) is 1. The van der Waals surface area contributed by atoms with Crippen molar-refractivity contribution in [1.82, 2.24) is 14.5 Å². The number of hydrogen-bond acceptors (Lipinski definition) is 3. The molecular formula is C14H23N3OS. The van der Waals surface area contributed by atoms with Crippen LogP contribution in [0.15, 0.2) is 17.6 Å². The van der Waals surface area contributed by atoms with Crippen LogP contribution in [0.1, 0.15) is 27.2 Å². The number of piperidine rings is 1. The smallest absolute Gasteiger partial charge is 0.235 e. The molecule has 0 saturated carbocycles. The molecule has 0 unspecified atom stereocenters. The minimum absolute atomic E-state index is 0.0707. The second-order valence-corrected chi connectivity index (χ2v) is 7.08. The van der Waals surface area contributed by atoms with Crippen LogP contribution in [0.25, 0.3) is 0 Å². The summed E-state index contributed by atoms with van der Waals surface area (Å²) in [5, 5.41) is 0.831. The highest BCUT2D eigenvalue weighted by Gasteiger charge is 2.29. The first-order chi connectivity index (χ1) is 8.97. The number of hydrogen-bond donors (Lipinski definition) is 0. The molecule has 1 aromatic heterocycles. The van der Waals surface area contributed by atoms with Crippen molar-refractivity contribution in [3.05, 3.63) is 12.4 Å². The zero-order valence-corrected chi connectivity index (χ0v) is 13.0. The molecule has 0 radical (unpaired) electrons. The van der Waals surface area contributed by atoms with Gasteiger partial charge in [-0.15, -0.1) is 0 Å². The number of amides is 1. The average molecular weight is 281 g/mol. The molecule has 2 heterocycles. The molecule has 1 saturated heterocycles. The van der Waals surface area contributed by atoms with Crippen LogP contribution in [0, 0.1) is 11.8 Å². The van der Waals surface area contributed by atoms with E-state index in [2.05, 4.69) is 18.8 Å². The molecule has 1 fully saturated rings. The van der Waals surface area contributed by atoms with Gasteiger partial charge in [0.1, 0.15) is 0 Å². The highest BCUT2D eigenvalue weighted by molar-refractivity contribution is 8.00. The Morgan fingerprint density at radius 3 is 2.58 bits per heavy atom. The van der Waals surface area contributed by atoms with Gasteiger partial charge in [-0.3, -0.25) is 4.79 Å². The zero-order valence-electron chi connectivity index (χ0n) is 12.2. The van der Waals surface area contributed by atoms with Gasteiger partial charge in [0.25, 0.3) is 0 Å². The van der Waals surface area contributed by atoms with Crippen molar-refractivity contribution in [2.24, 2.45) is 18.9 Å². The number of carbonyl (C=O) groups excluding carboxylic acids is 1. The van der Waals surface area contributed by atoms with Crippen LogP contribution in [-0.4, -0.2) is 38.7 Å². The van der Waals surface area contributed by atoms with Crippen LogP contribution in [0.3, 0.4) is 0 Å². The number of rotatable bonds is 3. The van der Waals surface area contributed by atoms with E-state index in [0.717, 1.165) is 18.2 Å². The third kappa shape index (κ3) is 3.53. The zero-order chi connectivity index (χ0) is 14.0. The predicted octanol–water partition coefficient (Wildman–Crippen LogP) is 2.41. The molecule has 1 amide bonds. The predicted molar refractivity (Wildman–Crippen MR) is 78.1 cm³/mol. The molecular weight excluding hydrogens is 258 g/mol. The summed E-state index contributed by atoms with van der Waals surface area (Å²) in [6.07, 6.45) is 4.90. The van der Waals surface area contributed by atoms with Gasteiger partial charge in [0.05, 0.1) is 5.25 Å². The highest BCUT2D eigenvalue weighted by Crippen LogP contribution is 2.26. The lowest BCUT2D eigenvalue weighted by Crippen LogP contribution is -2.45. The summed E-state index contributed by atoms with van der Waals surface area (Å²) in [4.78, 5) is 18.8. The first-order valence-corrected chi connectivity index (χ1v) is 7.78. The number of aryl methyl sites for hydroxylation is 1. The molecule has 1 aliphatic rings. The van der Waals surface area contributed by atoms with Crippen molar-refractivity contribution in [2.75, 3.05) is 13.1 Å². The Hall–Kier alpha value is -0.970. The van der Waals surface area contributed by atoms with Gasteiger partial charge in [-0.25, -0.2) is 4.98 Å². The Bertz CT molecular complexity index is 436. The van der Waals surface area contributed by atoms with E-state index in [9.17, 15) is 4.79 Å². The van der Waals surface area contributed by atoms with Crippen molar-refractivity contribution < 1.29 is 4.79 Å². The first-order valence-electron chi connectivity index (χ1n) is 6.90. The van der Waals surface area contributed by atoms with Gasteiger partial charge in [0.2, 0.25) is 5.91 Å². The fraction of sp³-hybridized carbons (Fsp3) is 0.714. The van der Waals surface area contributed by atoms with Gasteiger partial charge in [-0.1, -0.05) is 25.6 Å². The molecule has 0 spiro atoms. The Morgan fingerprint density at radius 1 is 1.42 bits per heavy atom. The molecule has 3 atom stereocenters. The number of nitrogens with zero attached hydrogens (tertiary/aromatic N) is 3. The third-order valence-electron chi connectivity index (χ3n) is 3.59. The average Bonchev–Trinajstić information content (AvgIpc) is 2.72. The molecule has 4 nitrogen and oxygen atoms in total. The largest absolute Gasteiger partial charge is 0.341 e. The van der Waals surface area contributed by atoms with Crippen LogP contribution in [0.4, 0.5) is 0 Å². The minimum Gasteiger partial charge on any atom is -0.341 e. The van der Waals surface area contributed by atoms with Crippen LogP contribution in [-0.2, 0) is 11.8 Å². The van der Waals surface area contributed by atoms with Crippen molar-refractivity contribution in [3.63, 3.8) is 0 Å². The van der Waals surface area contributed by atoms with E-state index in [-0.39, 0.29) is 11.2 Å². The van der Waals surface area contributed by atoms with Crippen molar-refractivity contribution in [2.45, 2.75) is 37.6 Å². The van der Waals surface area contributed by atoms with Crippen LogP contribution < -0.4 is 0 Å². The molecule has 0 aliphatic carbocycles.